The molecule has 25 heavy (non-hydrogen) atoms. The molecule has 2 atom stereocenters. The Morgan fingerprint density at radius 2 is 2.28 bits per heavy atom. The van der Waals surface area contributed by atoms with Crippen LogP contribution in [0.15, 0.2) is 39.2 Å². The lowest BCUT2D eigenvalue weighted by molar-refractivity contribution is -0.150. The van der Waals surface area contributed by atoms with E-state index in [9.17, 15) is 19.5 Å². The highest BCUT2D eigenvalue weighted by Crippen LogP contribution is 2.40. The van der Waals surface area contributed by atoms with E-state index in [0.717, 1.165) is 0 Å². The van der Waals surface area contributed by atoms with Crippen LogP contribution in [0.25, 0.3) is 0 Å². The van der Waals surface area contributed by atoms with Gasteiger partial charge in [0.2, 0.25) is 5.71 Å². The number of carboxylic acids is 1. The van der Waals surface area contributed by atoms with Crippen molar-refractivity contribution in [2.24, 2.45) is 5.16 Å². The molecule has 2 aliphatic heterocycles. The lowest BCUT2D eigenvalue weighted by Gasteiger charge is -2.49. The van der Waals surface area contributed by atoms with Crippen LogP contribution in [0.2, 0.25) is 0 Å². The van der Waals surface area contributed by atoms with E-state index in [0.29, 0.717) is 11.3 Å². The van der Waals surface area contributed by atoms with Crippen LogP contribution >= 0.6 is 11.8 Å². The molecule has 2 unspecified atom stereocenters. The summed E-state index contributed by atoms with van der Waals surface area (Å²) in [6.45, 7) is 1.67. The molecule has 2 N–H and O–H groups in total. The first kappa shape index (κ1) is 17.1. The molecule has 2 amide bonds. The molecule has 132 valence electrons. The fourth-order valence-corrected chi connectivity index (χ4v) is 3.98. The van der Waals surface area contributed by atoms with Crippen molar-refractivity contribution in [3.05, 3.63) is 35.4 Å². The number of rotatable bonds is 5. The van der Waals surface area contributed by atoms with Crippen LogP contribution in [-0.4, -0.2) is 57.8 Å². The second kappa shape index (κ2) is 6.63. The summed E-state index contributed by atoms with van der Waals surface area (Å²) >= 11 is 1.39. The molecule has 1 saturated heterocycles. The third-order valence-corrected chi connectivity index (χ3v) is 5.22. The standard InChI is InChI=1S/C15H15N3O6S/c1-7-6-25-14-10(13(20)18(14)11(7)15(21)22)16-12(19)9(17-23-2)8-4-3-5-24-8/h3-5,10,14H,6H2,1-2H3,(H,16,19)(H,21,22)/b17-9+. The Balaban J connectivity index is 1.77. The van der Waals surface area contributed by atoms with Crippen molar-refractivity contribution in [3.8, 4) is 0 Å². The van der Waals surface area contributed by atoms with Gasteiger partial charge in [-0.25, -0.2) is 4.79 Å². The molecule has 3 heterocycles. The predicted molar refractivity (Wildman–Crippen MR) is 87.6 cm³/mol. The number of oxime groups is 1. The van der Waals surface area contributed by atoms with Gasteiger partial charge in [0.15, 0.2) is 5.76 Å². The number of hydrogen-bond acceptors (Lipinski definition) is 7. The van der Waals surface area contributed by atoms with Gasteiger partial charge in [-0.2, -0.15) is 0 Å². The van der Waals surface area contributed by atoms with E-state index in [4.69, 9.17) is 4.42 Å². The first-order valence-electron chi connectivity index (χ1n) is 7.29. The molecule has 1 fully saturated rings. The number of furan rings is 1. The normalized spacial score (nSPS) is 23.0. The van der Waals surface area contributed by atoms with Crippen molar-refractivity contribution in [3.63, 3.8) is 0 Å². The van der Waals surface area contributed by atoms with Crippen molar-refractivity contribution >= 4 is 35.3 Å². The van der Waals surface area contributed by atoms with Gasteiger partial charge < -0.3 is 19.7 Å². The molecular formula is C15H15N3O6S. The Labute approximate surface area is 146 Å². The fraction of sp³-hybridized carbons (Fsp3) is 0.333. The van der Waals surface area contributed by atoms with E-state index < -0.39 is 29.2 Å². The molecule has 1 aromatic heterocycles. The van der Waals surface area contributed by atoms with Crippen molar-refractivity contribution in [2.45, 2.75) is 18.3 Å². The average Bonchev–Trinajstić information content (AvgIpc) is 3.10. The van der Waals surface area contributed by atoms with Crippen molar-refractivity contribution < 1.29 is 28.7 Å². The smallest absolute Gasteiger partial charge is 0.352 e. The number of β-lactam (4-membered cyclic amide) rings is 1. The van der Waals surface area contributed by atoms with Gasteiger partial charge in [0, 0.05) is 5.75 Å². The molecule has 10 heteroatoms. The van der Waals surface area contributed by atoms with Crippen molar-refractivity contribution in [1.82, 2.24) is 10.2 Å². The van der Waals surface area contributed by atoms with E-state index >= 15 is 0 Å². The quantitative estimate of drug-likeness (QED) is 0.440. The number of carbonyl (C=O) groups is 3. The summed E-state index contributed by atoms with van der Waals surface area (Å²) in [5.41, 5.74) is 0.491. The molecule has 2 aliphatic rings. The van der Waals surface area contributed by atoms with E-state index in [-0.39, 0.29) is 17.2 Å². The van der Waals surface area contributed by atoms with Crippen molar-refractivity contribution in [1.29, 1.82) is 0 Å². The summed E-state index contributed by atoms with van der Waals surface area (Å²) in [4.78, 5) is 42.1. The van der Waals surface area contributed by atoms with Gasteiger partial charge in [0.1, 0.15) is 24.2 Å². The lowest BCUT2D eigenvalue weighted by Crippen LogP contribution is -2.71. The van der Waals surface area contributed by atoms with Crippen LogP contribution in [0.3, 0.4) is 0 Å². The van der Waals surface area contributed by atoms with E-state index in [1.165, 1.54) is 36.1 Å². The maximum Gasteiger partial charge on any atom is 0.352 e. The van der Waals surface area contributed by atoms with Crippen LogP contribution in [0.1, 0.15) is 12.7 Å². The second-order valence-corrected chi connectivity index (χ2v) is 6.50. The molecular weight excluding hydrogens is 350 g/mol. The zero-order valence-electron chi connectivity index (χ0n) is 13.4. The third kappa shape index (κ3) is 2.88. The Morgan fingerprint density at radius 3 is 2.88 bits per heavy atom. The monoisotopic (exact) mass is 365 g/mol. The SMILES string of the molecule is CO/N=C(/C(=O)NC1C(=O)N2C(C(=O)O)=C(C)CSC12)c1ccco1. The number of amides is 2. The molecule has 0 aromatic carbocycles. The van der Waals surface area contributed by atoms with Crippen LogP contribution in [-0.2, 0) is 19.2 Å². The fourth-order valence-electron chi connectivity index (χ4n) is 2.69. The zero-order valence-corrected chi connectivity index (χ0v) is 14.2. The number of aliphatic carboxylic acids is 1. The van der Waals surface area contributed by atoms with Gasteiger partial charge in [-0.1, -0.05) is 5.16 Å². The second-order valence-electron chi connectivity index (χ2n) is 5.39. The minimum Gasteiger partial charge on any atom is -0.477 e. The molecule has 0 aliphatic carbocycles. The molecule has 0 radical (unpaired) electrons. The molecule has 0 saturated carbocycles. The molecule has 3 rings (SSSR count). The number of fused-ring (bicyclic) bond motifs is 1. The number of nitrogens with one attached hydrogen (secondary N) is 1. The number of hydrogen-bond donors (Lipinski definition) is 2. The molecule has 9 nitrogen and oxygen atoms in total. The summed E-state index contributed by atoms with van der Waals surface area (Å²) in [5.74, 6) is -1.60. The van der Waals surface area contributed by atoms with Gasteiger partial charge in [0.05, 0.1) is 6.26 Å². The highest BCUT2D eigenvalue weighted by atomic mass is 32.2. The largest absolute Gasteiger partial charge is 0.477 e. The molecule has 0 bridgehead atoms. The van der Waals surface area contributed by atoms with E-state index in [1.807, 2.05) is 0 Å². The summed E-state index contributed by atoms with van der Waals surface area (Å²) < 4.78 is 5.14. The molecule has 1 aromatic rings. The van der Waals surface area contributed by atoms with Crippen LogP contribution in [0.5, 0.6) is 0 Å². The highest BCUT2D eigenvalue weighted by Gasteiger charge is 2.54. The summed E-state index contributed by atoms with van der Waals surface area (Å²) in [7, 11) is 1.29. The van der Waals surface area contributed by atoms with Crippen LogP contribution in [0.4, 0.5) is 0 Å². The van der Waals surface area contributed by atoms with Crippen LogP contribution in [0, 0.1) is 0 Å². The van der Waals surface area contributed by atoms with E-state index in [1.54, 1.807) is 13.0 Å². The third-order valence-electron chi connectivity index (χ3n) is 3.80. The highest BCUT2D eigenvalue weighted by molar-refractivity contribution is 8.00. The summed E-state index contributed by atoms with van der Waals surface area (Å²) in [6.07, 6.45) is 1.38. The Hall–Kier alpha value is -2.75. The lowest BCUT2D eigenvalue weighted by atomic mass is 10.0. The first-order valence-corrected chi connectivity index (χ1v) is 8.34. The van der Waals surface area contributed by atoms with E-state index in [2.05, 4.69) is 15.3 Å². The maximum absolute atomic E-state index is 12.4. The Morgan fingerprint density at radius 1 is 1.52 bits per heavy atom. The summed E-state index contributed by atoms with van der Waals surface area (Å²) in [6, 6.07) is 2.29. The zero-order chi connectivity index (χ0) is 18.1. The Bertz CT molecular complexity index is 785. The summed E-state index contributed by atoms with van der Waals surface area (Å²) in [5, 5.41) is 15.1. The van der Waals surface area contributed by atoms with Crippen molar-refractivity contribution in [2.75, 3.05) is 12.9 Å². The topological polar surface area (TPSA) is 121 Å². The predicted octanol–water partition coefficient (Wildman–Crippen LogP) is 0.389. The number of carbonyl (C=O) groups excluding carboxylic acids is 2. The number of nitrogens with zero attached hydrogens (tertiary/aromatic N) is 2. The van der Waals surface area contributed by atoms with Crippen LogP contribution < -0.4 is 5.32 Å². The first-order chi connectivity index (χ1) is 12.0. The van der Waals surface area contributed by atoms with Gasteiger partial charge in [-0.05, 0) is 24.6 Å². The van der Waals surface area contributed by atoms with Gasteiger partial charge >= 0.3 is 5.97 Å². The van der Waals surface area contributed by atoms with Gasteiger partial charge in [-0.3, -0.25) is 14.5 Å². The minimum atomic E-state index is -1.15. The van der Waals surface area contributed by atoms with Gasteiger partial charge in [-0.15, -0.1) is 11.8 Å². The van der Waals surface area contributed by atoms with Gasteiger partial charge in [0.25, 0.3) is 11.8 Å². The number of thioether (sulfide) groups is 1. The minimum absolute atomic E-state index is 0.0175. The molecule has 0 spiro atoms. The maximum atomic E-state index is 12.4. The Kier molecular flexibility index (Phi) is 4.53. The number of carboxylic acid groups (broad SMARTS) is 1. The average molecular weight is 365 g/mol.